The van der Waals surface area contributed by atoms with Crippen molar-refractivity contribution in [3.05, 3.63) is 222 Å². The zero-order chi connectivity index (χ0) is 39.5. The van der Waals surface area contributed by atoms with Crippen molar-refractivity contribution in [2.75, 3.05) is 0 Å². The molecule has 1 aliphatic carbocycles. The number of hydrogen-bond donors (Lipinski definition) is 0. The van der Waals surface area contributed by atoms with Crippen molar-refractivity contribution in [1.82, 2.24) is 0 Å². The number of rotatable bonds is 6. The first-order valence-electron chi connectivity index (χ1n) is 20.6. The first kappa shape index (κ1) is 35.1. The maximum atomic E-state index is 7.19. The molecule has 11 rings (SSSR count). The fourth-order valence-corrected chi connectivity index (χ4v) is 9.56. The van der Waals surface area contributed by atoms with Crippen molar-refractivity contribution in [3.63, 3.8) is 0 Å². The Kier molecular flexibility index (Phi) is 8.55. The monoisotopic (exact) mass is 756 g/mol. The summed E-state index contributed by atoms with van der Waals surface area (Å²) in [7, 11) is 0. The van der Waals surface area contributed by atoms with Gasteiger partial charge in [-0.15, -0.1) is 0 Å². The fraction of sp³-hybridized carbons (Fsp3) is 0.0714. The first-order chi connectivity index (χ1) is 29.1. The van der Waals surface area contributed by atoms with Crippen molar-refractivity contribution < 1.29 is 9.47 Å². The van der Waals surface area contributed by atoms with Crippen LogP contribution in [0, 0.1) is 13.8 Å². The lowest BCUT2D eigenvalue weighted by atomic mass is 9.34. The molecule has 0 aromatic heterocycles. The van der Waals surface area contributed by atoms with Gasteiger partial charge in [0.25, 0.3) is 6.71 Å². The van der Waals surface area contributed by atoms with Gasteiger partial charge in [0.1, 0.15) is 23.0 Å². The molecule has 1 atom stereocenters. The molecule has 0 bridgehead atoms. The molecule has 3 aliphatic rings. The van der Waals surface area contributed by atoms with Crippen molar-refractivity contribution >= 4 is 34.2 Å². The summed E-state index contributed by atoms with van der Waals surface area (Å²) in [6, 6.07) is 65.5. The van der Waals surface area contributed by atoms with Crippen molar-refractivity contribution in [2.45, 2.75) is 26.2 Å². The maximum Gasteiger partial charge on any atom is 0.260 e. The Morgan fingerprint density at radius 1 is 0.458 bits per heavy atom. The van der Waals surface area contributed by atoms with E-state index in [4.69, 9.17) is 9.47 Å². The van der Waals surface area contributed by atoms with E-state index in [1.807, 2.05) is 0 Å². The topological polar surface area (TPSA) is 18.5 Å². The molecule has 0 radical (unpaired) electrons. The zero-order valence-corrected chi connectivity index (χ0v) is 33.2. The summed E-state index contributed by atoms with van der Waals surface area (Å²) in [4.78, 5) is 0. The molecule has 0 fully saturated rings. The lowest BCUT2D eigenvalue weighted by Gasteiger charge is -2.36. The number of ether oxygens (including phenoxy) is 2. The minimum absolute atomic E-state index is 0.0140. The molecule has 8 aromatic carbocycles. The third-order valence-electron chi connectivity index (χ3n) is 12.4. The Hall–Kier alpha value is -7.10. The van der Waals surface area contributed by atoms with E-state index in [1.165, 1.54) is 50.1 Å². The molecule has 0 saturated heterocycles. The van der Waals surface area contributed by atoms with Gasteiger partial charge in [-0.05, 0) is 129 Å². The molecule has 1 unspecified atom stereocenters. The van der Waals surface area contributed by atoms with Crippen LogP contribution in [0.3, 0.4) is 0 Å². The number of aryl methyl sites for hydroxylation is 2. The summed E-state index contributed by atoms with van der Waals surface area (Å²) < 4.78 is 14.4. The average molecular weight is 757 g/mol. The fourth-order valence-electron chi connectivity index (χ4n) is 9.56. The van der Waals surface area contributed by atoms with Crippen LogP contribution in [0.4, 0.5) is 0 Å². The summed E-state index contributed by atoms with van der Waals surface area (Å²) >= 11 is 0. The molecule has 0 amide bonds. The highest BCUT2D eigenvalue weighted by Crippen LogP contribution is 2.49. The Morgan fingerprint density at radius 3 is 1.64 bits per heavy atom. The Balaban J connectivity index is 1.21. The molecule has 3 heteroatoms. The quantitative estimate of drug-likeness (QED) is 0.157. The van der Waals surface area contributed by atoms with Crippen LogP contribution >= 0.6 is 0 Å². The SMILES string of the molecule is Cc1ccccc1C1=CC(c2ccccc2)=CC(c2cc(-c3cc(-c4ccccc4)cc(-c4ccccc4C)c3)c3c4c2Oc2ccccc2B4c2ccccc2O3)C1. The predicted octanol–water partition coefficient (Wildman–Crippen LogP) is 12.7. The first-order valence-corrected chi connectivity index (χ1v) is 20.6. The van der Waals surface area contributed by atoms with Crippen molar-refractivity contribution in [3.8, 4) is 56.4 Å². The van der Waals surface area contributed by atoms with E-state index in [9.17, 15) is 0 Å². The van der Waals surface area contributed by atoms with Crippen molar-refractivity contribution in [2.24, 2.45) is 0 Å². The second-order valence-corrected chi connectivity index (χ2v) is 16.1. The van der Waals surface area contributed by atoms with Crippen LogP contribution in [0.1, 0.15) is 40.2 Å². The molecule has 0 spiro atoms. The third kappa shape index (κ3) is 6.13. The van der Waals surface area contributed by atoms with E-state index in [2.05, 4.69) is 208 Å². The largest absolute Gasteiger partial charge is 0.458 e. The van der Waals surface area contributed by atoms with E-state index >= 15 is 0 Å². The number of allylic oxidation sites excluding steroid dienone is 4. The highest BCUT2D eigenvalue weighted by Gasteiger charge is 2.43. The van der Waals surface area contributed by atoms with Gasteiger partial charge in [-0.2, -0.15) is 0 Å². The summed E-state index contributed by atoms with van der Waals surface area (Å²) in [5, 5.41) is 0. The normalized spacial score (nSPS) is 14.8. The van der Waals surface area contributed by atoms with Gasteiger partial charge in [0.15, 0.2) is 0 Å². The molecule has 2 nitrogen and oxygen atoms in total. The molecule has 59 heavy (non-hydrogen) atoms. The van der Waals surface area contributed by atoms with Gasteiger partial charge in [-0.1, -0.05) is 158 Å². The number of benzene rings is 8. The highest BCUT2D eigenvalue weighted by atomic mass is 16.5. The molecule has 2 aliphatic heterocycles. The molecule has 2 heterocycles. The number of hydrogen-bond acceptors (Lipinski definition) is 2. The predicted molar refractivity (Wildman–Crippen MR) is 246 cm³/mol. The average Bonchev–Trinajstić information content (AvgIpc) is 3.29. The van der Waals surface area contributed by atoms with Crippen molar-refractivity contribution in [1.29, 1.82) is 0 Å². The second kappa shape index (κ2) is 14.4. The van der Waals surface area contributed by atoms with Crippen LogP contribution in [0.25, 0.3) is 44.5 Å². The van der Waals surface area contributed by atoms with E-state index in [0.717, 1.165) is 68.1 Å². The summed E-state index contributed by atoms with van der Waals surface area (Å²) in [6.45, 7) is 4.36. The number of fused-ring (bicyclic) bond motifs is 4. The minimum Gasteiger partial charge on any atom is -0.458 e. The van der Waals surface area contributed by atoms with Gasteiger partial charge in [0.05, 0.1) is 0 Å². The van der Waals surface area contributed by atoms with Gasteiger partial charge in [-0.3, -0.25) is 0 Å². The van der Waals surface area contributed by atoms with Gasteiger partial charge in [-0.25, -0.2) is 0 Å². The molecular weight excluding hydrogens is 715 g/mol. The molecule has 8 aromatic rings. The van der Waals surface area contributed by atoms with Gasteiger partial charge >= 0.3 is 0 Å². The van der Waals surface area contributed by atoms with E-state index < -0.39 is 0 Å². The molecule has 280 valence electrons. The van der Waals surface area contributed by atoms with Crippen LogP contribution in [-0.2, 0) is 0 Å². The summed E-state index contributed by atoms with van der Waals surface area (Å²) in [5.41, 5.74) is 19.0. The van der Waals surface area contributed by atoms with Crippen LogP contribution in [0.15, 0.2) is 194 Å². The molecule has 0 saturated carbocycles. The van der Waals surface area contributed by atoms with Crippen LogP contribution < -0.4 is 25.9 Å². The second-order valence-electron chi connectivity index (χ2n) is 16.1. The zero-order valence-electron chi connectivity index (χ0n) is 33.2. The molecule has 0 N–H and O–H groups in total. The lowest BCUT2D eigenvalue weighted by Crippen LogP contribution is -2.57. The Bertz CT molecular complexity index is 2980. The Labute approximate surface area is 346 Å². The third-order valence-corrected chi connectivity index (χ3v) is 12.4. The van der Waals surface area contributed by atoms with Crippen LogP contribution in [0.5, 0.6) is 23.0 Å². The smallest absolute Gasteiger partial charge is 0.260 e. The minimum atomic E-state index is -0.0608. The standard InChI is InChI=1S/C56H41BO2/c1-36-17-9-11-23-46(36)42-29-40(38-19-5-3-6-20-38)31-44(33-42)48-35-49(45-32-41(39-21-7-4-8-22-39)30-43(34-45)47-24-12-10-18-37(47)2)56-54-55(48)58-52-27-15-13-25-50(52)57(54)51-26-14-16-28-53(51)59-56/h3-33,35,45H,34H2,1-2H3. The highest BCUT2D eigenvalue weighted by molar-refractivity contribution is 6.98. The number of para-hydroxylation sites is 2. The van der Waals surface area contributed by atoms with E-state index in [-0.39, 0.29) is 12.6 Å². The van der Waals surface area contributed by atoms with Crippen LogP contribution in [0.2, 0.25) is 0 Å². The van der Waals surface area contributed by atoms with Crippen LogP contribution in [-0.4, -0.2) is 6.71 Å². The molecular formula is C56H41BO2. The van der Waals surface area contributed by atoms with Gasteiger partial charge < -0.3 is 9.47 Å². The van der Waals surface area contributed by atoms with Gasteiger partial charge in [0.2, 0.25) is 0 Å². The van der Waals surface area contributed by atoms with Gasteiger partial charge in [0, 0.05) is 22.5 Å². The van der Waals surface area contributed by atoms with E-state index in [1.54, 1.807) is 0 Å². The summed E-state index contributed by atoms with van der Waals surface area (Å²) in [6.07, 6.45) is 5.70. The Morgan fingerprint density at radius 2 is 0.983 bits per heavy atom. The lowest BCUT2D eigenvalue weighted by molar-refractivity contribution is 0.460. The summed E-state index contributed by atoms with van der Waals surface area (Å²) in [5.74, 6) is 3.56. The van der Waals surface area contributed by atoms with E-state index in [0.29, 0.717) is 0 Å². The maximum absolute atomic E-state index is 7.19.